The van der Waals surface area contributed by atoms with Crippen molar-refractivity contribution in [1.29, 1.82) is 0 Å². The number of carboxylic acid groups (broad SMARTS) is 1. The zero-order valence-electron chi connectivity index (χ0n) is 19.9. The number of nitrogens with zero attached hydrogens (tertiary/aromatic N) is 1. The lowest BCUT2D eigenvalue weighted by Gasteiger charge is -2.59. The molecular formula is C29H37NO4. The first-order valence-electron chi connectivity index (χ1n) is 13.0. The van der Waals surface area contributed by atoms with Crippen molar-refractivity contribution >= 4 is 5.97 Å². The molecule has 3 N–H and O–H groups in total. The van der Waals surface area contributed by atoms with E-state index in [0.717, 1.165) is 17.9 Å². The van der Waals surface area contributed by atoms with Gasteiger partial charge in [-0.3, -0.25) is 4.90 Å². The molecule has 4 aliphatic rings. The number of hydrogen-bond donors (Lipinski definition) is 3. The lowest BCUT2D eigenvalue weighted by Crippen LogP contribution is -2.61. The Morgan fingerprint density at radius 2 is 1.82 bits per heavy atom. The largest absolute Gasteiger partial charge is 0.508 e. The molecule has 1 saturated heterocycles. The van der Waals surface area contributed by atoms with E-state index in [1.54, 1.807) is 30.3 Å². The van der Waals surface area contributed by atoms with Gasteiger partial charge in [-0.1, -0.05) is 55.7 Å². The molecule has 2 unspecified atom stereocenters. The van der Waals surface area contributed by atoms with E-state index in [0.29, 0.717) is 16.7 Å². The first-order chi connectivity index (χ1) is 16.5. The summed E-state index contributed by atoms with van der Waals surface area (Å²) in [6.45, 7) is 2.64. The summed E-state index contributed by atoms with van der Waals surface area (Å²) in [4.78, 5) is 13.1. The number of phenolic OH excluding ortho intramolecular Hbond substituents is 1. The van der Waals surface area contributed by atoms with Crippen molar-refractivity contribution in [1.82, 2.24) is 4.90 Å². The Morgan fingerprint density at radius 1 is 1.03 bits per heavy atom. The van der Waals surface area contributed by atoms with Gasteiger partial charge in [0.1, 0.15) is 5.75 Å². The number of aliphatic carboxylic acids is 1. The molecule has 1 heterocycles. The van der Waals surface area contributed by atoms with Gasteiger partial charge in [-0.15, -0.1) is 0 Å². The number of aliphatic hydroxyl groups excluding tert-OH is 1. The third-order valence-electron chi connectivity index (χ3n) is 9.00. The van der Waals surface area contributed by atoms with Crippen molar-refractivity contribution in [3.05, 3.63) is 65.2 Å². The van der Waals surface area contributed by atoms with Gasteiger partial charge in [0.05, 0.1) is 0 Å². The maximum Gasteiger partial charge on any atom is 0.337 e. The number of aromatic hydroxyl groups is 1. The standard InChI is InChI=1S/C21H29NO.C8H8O3/c23-17-8-7-16-12-20-18-6-1-2-9-21(18,19(16)13-17)10-11-22(20)14-15-4-3-5-15;9-7(8(10)11)6-4-2-1-3-5-6/h7-8,13,15,18,20,23H,1-6,9-12,14H2;1-5,7,9H,(H,10,11)/t18?,20-,21-;/m0./s1. The van der Waals surface area contributed by atoms with Crippen LogP contribution in [0.15, 0.2) is 48.5 Å². The second-order valence-electron chi connectivity index (χ2n) is 10.8. The summed E-state index contributed by atoms with van der Waals surface area (Å²) in [5.74, 6) is 1.06. The van der Waals surface area contributed by atoms with Gasteiger partial charge in [-0.25, -0.2) is 4.79 Å². The topological polar surface area (TPSA) is 81.0 Å². The molecule has 5 nitrogen and oxygen atoms in total. The molecule has 34 heavy (non-hydrogen) atoms. The monoisotopic (exact) mass is 463 g/mol. The first-order valence-corrected chi connectivity index (χ1v) is 13.0. The number of aliphatic hydroxyl groups is 1. The van der Waals surface area contributed by atoms with Gasteiger partial charge in [-0.05, 0) is 85.7 Å². The van der Waals surface area contributed by atoms with Crippen molar-refractivity contribution in [2.24, 2.45) is 11.8 Å². The summed E-state index contributed by atoms with van der Waals surface area (Å²) >= 11 is 0. The Kier molecular flexibility index (Phi) is 6.67. The summed E-state index contributed by atoms with van der Waals surface area (Å²) < 4.78 is 0. The number of rotatable bonds is 4. The van der Waals surface area contributed by atoms with E-state index in [1.165, 1.54) is 82.0 Å². The van der Waals surface area contributed by atoms with Crippen LogP contribution in [-0.2, 0) is 16.6 Å². The van der Waals surface area contributed by atoms with Crippen LogP contribution in [0, 0.1) is 11.8 Å². The van der Waals surface area contributed by atoms with Crippen LogP contribution in [0.3, 0.4) is 0 Å². The summed E-state index contributed by atoms with van der Waals surface area (Å²) in [6, 6.07) is 15.3. The van der Waals surface area contributed by atoms with Crippen LogP contribution < -0.4 is 0 Å². The van der Waals surface area contributed by atoms with E-state index in [4.69, 9.17) is 10.2 Å². The van der Waals surface area contributed by atoms with Gasteiger partial charge in [0, 0.05) is 18.0 Å². The molecule has 0 radical (unpaired) electrons. The third-order valence-corrected chi connectivity index (χ3v) is 9.00. The number of carboxylic acids is 1. The van der Waals surface area contributed by atoms with Crippen molar-refractivity contribution in [3.8, 4) is 5.75 Å². The molecular weight excluding hydrogens is 426 g/mol. The van der Waals surface area contributed by atoms with Crippen LogP contribution in [0.4, 0.5) is 0 Å². The summed E-state index contributed by atoms with van der Waals surface area (Å²) in [6.07, 6.45) is 11.0. The van der Waals surface area contributed by atoms with Crippen molar-refractivity contribution in [2.75, 3.05) is 13.1 Å². The van der Waals surface area contributed by atoms with E-state index in [-0.39, 0.29) is 0 Å². The van der Waals surface area contributed by atoms with Gasteiger partial charge >= 0.3 is 5.97 Å². The Labute approximate surface area is 202 Å². The van der Waals surface area contributed by atoms with Crippen molar-refractivity contribution in [3.63, 3.8) is 0 Å². The molecule has 0 aromatic heterocycles. The van der Waals surface area contributed by atoms with Crippen molar-refractivity contribution < 1.29 is 20.1 Å². The lowest BCUT2D eigenvalue weighted by molar-refractivity contribution is -0.146. The SMILES string of the molecule is O=C(O)C(O)c1ccccc1.Oc1ccc2c(c1)[C@]13CCCCC1[C@H](C2)N(CC1CCC1)CC3. The maximum absolute atomic E-state index is 10.2. The highest BCUT2D eigenvalue weighted by molar-refractivity contribution is 5.73. The number of carbonyl (C=O) groups is 1. The number of hydrogen-bond acceptors (Lipinski definition) is 4. The molecule has 182 valence electrons. The quantitative estimate of drug-likeness (QED) is 0.591. The molecule has 0 spiro atoms. The molecule has 0 amide bonds. The van der Waals surface area contributed by atoms with Crippen LogP contribution in [0.1, 0.15) is 74.2 Å². The molecule has 6 rings (SSSR count). The average molecular weight is 464 g/mol. The van der Waals surface area contributed by atoms with Crippen LogP contribution in [-0.4, -0.2) is 45.3 Å². The molecule has 1 aliphatic heterocycles. The Bertz CT molecular complexity index is 1000. The van der Waals surface area contributed by atoms with E-state index < -0.39 is 12.1 Å². The van der Waals surface area contributed by atoms with Crippen molar-refractivity contribution in [2.45, 2.75) is 75.3 Å². The summed E-state index contributed by atoms with van der Waals surface area (Å²) in [5, 5.41) is 27.5. The Morgan fingerprint density at radius 3 is 2.53 bits per heavy atom. The summed E-state index contributed by atoms with van der Waals surface area (Å²) in [7, 11) is 0. The van der Waals surface area contributed by atoms with Crippen LogP contribution in [0.5, 0.6) is 5.75 Å². The maximum atomic E-state index is 10.2. The fraction of sp³-hybridized carbons (Fsp3) is 0.552. The van der Waals surface area contributed by atoms with E-state index in [9.17, 15) is 9.90 Å². The van der Waals surface area contributed by atoms with E-state index in [2.05, 4.69) is 17.0 Å². The van der Waals surface area contributed by atoms with Crippen LogP contribution >= 0.6 is 0 Å². The highest BCUT2D eigenvalue weighted by Crippen LogP contribution is 2.56. The van der Waals surface area contributed by atoms with Crippen LogP contribution in [0.25, 0.3) is 0 Å². The zero-order valence-corrected chi connectivity index (χ0v) is 19.9. The number of benzene rings is 2. The molecule has 5 heteroatoms. The molecule has 2 bridgehead atoms. The predicted octanol–water partition coefficient (Wildman–Crippen LogP) is 5.06. The predicted molar refractivity (Wildman–Crippen MR) is 132 cm³/mol. The molecule has 2 saturated carbocycles. The van der Waals surface area contributed by atoms with Crippen LogP contribution in [0.2, 0.25) is 0 Å². The highest BCUT2D eigenvalue weighted by atomic mass is 16.4. The van der Waals surface area contributed by atoms with E-state index >= 15 is 0 Å². The van der Waals surface area contributed by atoms with Gasteiger partial charge in [0.25, 0.3) is 0 Å². The average Bonchev–Trinajstić information content (AvgIpc) is 2.83. The fourth-order valence-electron chi connectivity index (χ4n) is 7.08. The normalized spacial score (nSPS) is 29.0. The number of fused-ring (bicyclic) bond motifs is 1. The van der Waals surface area contributed by atoms with Gasteiger partial charge in [0.15, 0.2) is 6.10 Å². The second-order valence-corrected chi connectivity index (χ2v) is 10.8. The molecule has 2 aromatic carbocycles. The minimum Gasteiger partial charge on any atom is -0.508 e. The second kappa shape index (κ2) is 9.71. The zero-order chi connectivity index (χ0) is 23.7. The number of likely N-dealkylation sites (tertiary alicyclic amines) is 1. The Hall–Kier alpha value is -2.37. The van der Waals surface area contributed by atoms with Gasteiger partial charge < -0.3 is 15.3 Å². The lowest BCUT2D eigenvalue weighted by atomic mass is 9.52. The molecule has 2 aromatic rings. The molecule has 3 fully saturated rings. The first kappa shape index (κ1) is 23.4. The van der Waals surface area contributed by atoms with Gasteiger partial charge in [-0.2, -0.15) is 0 Å². The fourth-order valence-corrected chi connectivity index (χ4v) is 7.08. The Balaban J connectivity index is 0.000000186. The molecule has 3 aliphatic carbocycles. The van der Waals surface area contributed by atoms with Gasteiger partial charge in [0.2, 0.25) is 0 Å². The third kappa shape index (κ3) is 4.36. The van der Waals surface area contributed by atoms with E-state index in [1.807, 2.05) is 6.07 Å². The summed E-state index contributed by atoms with van der Waals surface area (Å²) in [5.41, 5.74) is 3.83. The number of piperidine rings is 1. The minimum atomic E-state index is -1.41. The smallest absolute Gasteiger partial charge is 0.337 e. The molecule has 4 atom stereocenters. The number of phenols is 1. The highest BCUT2D eigenvalue weighted by Gasteiger charge is 2.53. The minimum absolute atomic E-state index is 0.380.